The summed E-state index contributed by atoms with van der Waals surface area (Å²) in [5, 5.41) is 17.9. The Morgan fingerprint density at radius 3 is 2.37 bits per heavy atom. The molecule has 0 saturated carbocycles. The highest BCUT2D eigenvalue weighted by atomic mass is 16.5. The number of nitrogens with one attached hydrogen (secondary N) is 3. The number of hydrogen-bond donors (Lipinski definition) is 3. The van der Waals surface area contributed by atoms with Crippen molar-refractivity contribution in [2.45, 2.75) is 77.0 Å². The lowest BCUT2D eigenvalue weighted by molar-refractivity contribution is -0.114. The Labute approximate surface area is 269 Å². The Kier molecular flexibility index (Phi) is 8.61. The van der Waals surface area contributed by atoms with Crippen LogP contribution in [-0.4, -0.2) is 52.1 Å². The third-order valence-corrected chi connectivity index (χ3v) is 8.96. The zero-order valence-corrected chi connectivity index (χ0v) is 27.4. The first-order valence-corrected chi connectivity index (χ1v) is 15.9. The molecular weight excluding hydrogens is 582 g/mol. The van der Waals surface area contributed by atoms with Crippen LogP contribution in [0.25, 0.3) is 5.65 Å². The van der Waals surface area contributed by atoms with Crippen molar-refractivity contribution in [2.75, 3.05) is 31.3 Å². The molecule has 2 aromatic heterocycles. The van der Waals surface area contributed by atoms with E-state index in [-0.39, 0.29) is 35.5 Å². The van der Waals surface area contributed by atoms with Gasteiger partial charge < -0.3 is 25.4 Å². The summed E-state index contributed by atoms with van der Waals surface area (Å²) in [6.07, 6.45) is 5.44. The fourth-order valence-corrected chi connectivity index (χ4v) is 6.58. The third kappa shape index (κ3) is 6.37. The number of nitrogens with zero attached hydrogens (tertiary/aromatic N) is 4. The molecule has 3 amide bonds. The Hall–Kier alpha value is -4.64. The zero-order valence-electron chi connectivity index (χ0n) is 27.4. The van der Waals surface area contributed by atoms with Crippen LogP contribution in [0, 0.1) is 0 Å². The van der Waals surface area contributed by atoms with Crippen LogP contribution in [0.15, 0.2) is 54.7 Å². The minimum absolute atomic E-state index is 0.173. The number of aromatic nitrogens is 3. The van der Waals surface area contributed by atoms with E-state index in [2.05, 4.69) is 64.9 Å². The molecule has 242 valence electrons. The van der Waals surface area contributed by atoms with Gasteiger partial charge in [-0.15, -0.1) is 10.2 Å². The molecule has 1 aliphatic carbocycles. The summed E-state index contributed by atoms with van der Waals surface area (Å²) >= 11 is 0. The van der Waals surface area contributed by atoms with Gasteiger partial charge in [0.25, 0.3) is 0 Å². The summed E-state index contributed by atoms with van der Waals surface area (Å²) in [6.45, 7) is 8.72. The maximum Gasteiger partial charge on any atom is 0.319 e. The molecule has 1 aliphatic heterocycles. The highest BCUT2D eigenvalue weighted by Crippen LogP contribution is 2.41. The Bertz CT molecular complexity index is 1760. The molecular formula is C35H43N7O4. The molecule has 6 rings (SSSR count). The van der Waals surface area contributed by atoms with Crippen LogP contribution in [0.2, 0.25) is 0 Å². The van der Waals surface area contributed by atoms with Crippen molar-refractivity contribution in [1.82, 2.24) is 24.8 Å². The number of fused-ring (bicyclic) bond motifs is 2. The second-order valence-electron chi connectivity index (χ2n) is 13.3. The first kappa shape index (κ1) is 31.3. The smallest absolute Gasteiger partial charge is 0.319 e. The molecule has 46 heavy (non-hydrogen) atoms. The zero-order chi connectivity index (χ0) is 32.6. The topological polar surface area (TPSA) is 122 Å². The van der Waals surface area contributed by atoms with Gasteiger partial charge in [0.2, 0.25) is 5.91 Å². The maximum absolute atomic E-state index is 13.5. The normalized spacial score (nSPS) is 19.8. The molecule has 2 aromatic carbocycles. The number of benzene rings is 2. The van der Waals surface area contributed by atoms with Gasteiger partial charge in [-0.05, 0) is 85.6 Å². The van der Waals surface area contributed by atoms with E-state index in [1.165, 1.54) is 14.0 Å². The predicted octanol–water partition coefficient (Wildman–Crippen LogP) is 6.54. The molecule has 3 atom stereocenters. The molecule has 3 heterocycles. The van der Waals surface area contributed by atoms with Crippen LogP contribution in [0.1, 0.15) is 94.1 Å². The maximum atomic E-state index is 13.5. The first-order valence-electron chi connectivity index (χ1n) is 15.9. The molecule has 11 nitrogen and oxygen atoms in total. The van der Waals surface area contributed by atoms with Gasteiger partial charge in [0.1, 0.15) is 11.9 Å². The van der Waals surface area contributed by atoms with Crippen molar-refractivity contribution in [3.63, 3.8) is 0 Å². The Balaban J connectivity index is 1.21. The van der Waals surface area contributed by atoms with Crippen LogP contribution in [0.4, 0.5) is 16.2 Å². The number of ether oxygens (including phenoxy) is 2. The molecule has 2 aliphatic rings. The van der Waals surface area contributed by atoms with Crippen molar-refractivity contribution in [1.29, 1.82) is 0 Å². The highest BCUT2D eigenvalue weighted by molar-refractivity contribution is 5.97. The number of carbonyl (C=O) groups is 2. The quantitative estimate of drug-likeness (QED) is 0.213. The fourth-order valence-electron chi connectivity index (χ4n) is 6.58. The largest absolute Gasteiger partial charge is 0.492 e. The van der Waals surface area contributed by atoms with E-state index in [1.54, 1.807) is 0 Å². The van der Waals surface area contributed by atoms with Gasteiger partial charge in [-0.1, -0.05) is 45.0 Å². The number of methoxy groups -OCH3 is 1. The van der Waals surface area contributed by atoms with Crippen LogP contribution in [0.5, 0.6) is 11.5 Å². The molecule has 1 fully saturated rings. The van der Waals surface area contributed by atoms with Gasteiger partial charge in [0.05, 0.1) is 36.8 Å². The van der Waals surface area contributed by atoms with Crippen molar-refractivity contribution < 1.29 is 19.1 Å². The number of pyridine rings is 1. The third-order valence-electron chi connectivity index (χ3n) is 8.96. The van der Waals surface area contributed by atoms with Crippen molar-refractivity contribution >= 4 is 29.0 Å². The van der Waals surface area contributed by atoms with E-state index >= 15 is 0 Å². The van der Waals surface area contributed by atoms with Crippen molar-refractivity contribution in [3.05, 3.63) is 77.2 Å². The Morgan fingerprint density at radius 2 is 1.70 bits per heavy atom. The van der Waals surface area contributed by atoms with Gasteiger partial charge >= 0.3 is 6.03 Å². The van der Waals surface area contributed by atoms with E-state index in [1.807, 2.05) is 53.1 Å². The van der Waals surface area contributed by atoms with Crippen LogP contribution in [-0.2, 0) is 10.2 Å². The molecule has 3 N–H and O–H groups in total. The summed E-state index contributed by atoms with van der Waals surface area (Å²) in [6, 6.07) is 15.4. The minimum atomic E-state index is -0.361. The summed E-state index contributed by atoms with van der Waals surface area (Å²) < 4.78 is 14.3. The van der Waals surface area contributed by atoms with Gasteiger partial charge in [-0.3, -0.25) is 14.1 Å². The number of amides is 3. The van der Waals surface area contributed by atoms with E-state index in [0.717, 1.165) is 59.7 Å². The SMILES string of the molecule is COc1c(NC(C)=O)cc(C(C)(C)C)cc1NC(=O)N[C@H]1CC[C@@H](Oc2ccc3nnc([C@@H]4CCCN4C)n3c2)c2ccccc21. The molecule has 11 heteroatoms. The number of urea groups is 1. The lowest BCUT2D eigenvalue weighted by Crippen LogP contribution is -2.35. The fraction of sp³-hybridized carbons (Fsp3) is 0.429. The van der Waals surface area contributed by atoms with Gasteiger partial charge in [0.15, 0.2) is 17.2 Å². The predicted molar refractivity (Wildman–Crippen MR) is 178 cm³/mol. The average molecular weight is 626 g/mol. The molecule has 4 aromatic rings. The molecule has 1 saturated heterocycles. The van der Waals surface area contributed by atoms with Crippen LogP contribution < -0.4 is 25.4 Å². The second-order valence-corrected chi connectivity index (χ2v) is 13.3. The summed E-state index contributed by atoms with van der Waals surface area (Å²) in [5.41, 5.74) is 4.57. The van der Waals surface area contributed by atoms with E-state index < -0.39 is 0 Å². The Morgan fingerprint density at radius 1 is 0.957 bits per heavy atom. The molecule has 0 spiro atoms. The molecule has 0 unspecified atom stereocenters. The minimum Gasteiger partial charge on any atom is -0.492 e. The van der Waals surface area contributed by atoms with Gasteiger partial charge in [-0.2, -0.15) is 0 Å². The van der Waals surface area contributed by atoms with E-state index in [4.69, 9.17) is 9.47 Å². The average Bonchev–Trinajstić information content (AvgIpc) is 3.62. The lowest BCUT2D eigenvalue weighted by Gasteiger charge is -2.32. The van der Waals surface area contributed by atoms with Crippen molar-refractivity contribution in [3.8, 4) is 11.5 Å². The van der Waals surface area contributed by atoms with Crippen LogP contribution in [0.3, 0.4) is 0 Å². The lowest BCUT2D eigenvalue weighted by atomic mass is 9.85. The van der Waals surface area contributed by atoms with Crippen molar-refractivity contribution in [2.24, 2.45) is 0 Å². The summed E-state index contributed by atoms with van der Waals surface area (Å²) in [7, 11) is 3.65. The standard InChI is InChI=1S/C35H43N7O4/c1-21(43)36-27-18-22(35(2,3)4)19-28(32(27)45-6)38-34(44)37-26-14-15-30(25-11-8-7-10-24(25)26)46-23-13-16-31-39-40-33(42(31)20-23)29-12-9-17-41(29)5/h7-8,10-11,13,16,18-20,26,29-30H,9,12,14-15,17H2,1-6H3,(H,36,43)(H2,37,38,44)/t26-,29-,30+/m0/s1. The second kappa shape index (κ2) is 12.6. The number of carbonyl (C=O) groups excluding carboxylic acids is 2. The van der Waals surface area contributed by atoms with Gasteiger partial charge in [-0.25, -0.2) is 4.79 Å². The summed E-state index contributed by atoms with van der Waals surface area (Å²) in [5.74, 6) is 1.86. The number of likely N-dealkylation sites (tertiary alicyclic amines) is 1. The molecule has 0 bridgehead atoms. The number of hydrogen-bond acceptors (Lipinski definition) is 7. The van der Waals surface area contributed by atoms with E-state index in [9.17, 15) is 9.59 Å². The first-order chi connectivity index (χ1) is 22.0. The number of anilines is 2. The monoisotopic (exact) mass is 625 g/mol. The number of rotatable bonds is 7. The van der Waals surface area contributed by atoms with Crippen LogP contribution >= 0.6 is 0 Å². The molecule has 0 radical (unpaired) electrons. The highest BCUT2D eigenvalue weighted by Gasteiger charge is 2.31. The van der Waals surface area contributed by atoms with E-state index in [0.29, 0.717) is 23.5 Å². The summed E-state index contributed by atoms with van der Waals surface area (Å²) in [4.78, 5) is 27.7. The van der Waals surface area contributed by atoms with Gasteiger partial charge in [0, 0.05) is 6.92 Å².